The second-order valence-electron chi connectivity index (χ2n) is 5.29. The fourth-order valence-electron chi connectivity index (χ4n) is 2.45. The number of hydrogen-bond donors (Lipinski definition) is 1. The monoisotopic (exact) mass is 343 g/mol. The number of phenols is 1. The Kier molecular flexibility index (Phi) is 5.94. The van der Waals surface area contributed by atoms with Gasteiger partial charge in [-0.1, -0.05) is 0 Å². The van der Waals surface area contributed by atoms with Crippen LogP contribution in [0.3, 0.4) is 0 Å². The standard InChI is InChI=1S/C18H21N3O4/c1-4-20(5-2)14-7-6-13(17(22)10-14)12-19-16-9-8-15(21(23)24)11-18(16)25-3/h6-12,22H,4-5H2,1-3H3. The van der Waals surface area contributed by atoms with Gasteiger partial charge in [0.25, 0.3) is 5.69 Å². The van der Waals surface area contributed by atoms with Gasteiger partial charge in [0.05, 0.1) is 18.1 Å². The van der Waals surface area contributed by atoms with Gasteiger partial charge in [0.2, 0.25) is 0 Å². The van der Waals surface area contributed by atoms with Crippen LogP contribution in [-0.2, 0) is 0 Å². The number of anilines is 1. The summed E-state index contributed by atoms with van der Waals surface area (Å²) in [5.41, 5.74) is 1.87. The highest BCUT2D eigenvalue weighted by Gasteiger charge is 2.11. The Morgan fingerprint density at radius 1 is 1.24 bits per heavy atom. The number of benzene rings is 2. The van der Waals surface area contributed by atoms with Crippen molar-refractivity contribution in [1.82, 2.24) is 0 Å². The van der Waals surface area contributed by atoms with E-state index in [1.54, 1.807) is 12.1 Å². The van der Waals surface area contributed by atoms with Crippen LogP contribution < -0.4 is 9.64 Å². The van der Waals surface area contributed by atoms with Gasteiger partial charge in [0.1, 0.15) is 11.4 Å². The minimum absolute atomic E-state index is 0.0674. The number of nitro benzene ring substituents is 1. The fourth-order valence-corrected chi connectivity index (χ4v) is 2.45. The molecule has 0 saturated carbocycles. The first-order valence-electron chi connectivity index (χ1n) is 7.94. The summed E-state index contributed by atoms with van der Waals surface area (Å²) in [4.78, 5) is 16.7. The van der Waals surface area contributed by atoms with Gasteiger partial charge < -0.3 is 14.7 Å². The van der Waals surface area contributed by atoms with Gasteiger partial charge in [-0.15, -0.1) is 0 Å². The summed E-state index contributed by atoms with van der Waals surface area (Å²) in [6.07, 6.45) is 1.50. The predicted octanol–water partition coefficient (Wildman–Crippen LogP) is 3.91. The van der Waals surface area contributed by atoms with E-state index in [1.807, 2.05) is 6.07 Å². The lowest BCUT2D eigenvalue weighted by Gasteiger charge is -2.21. The van der Waals surface area contributed by atoms with E-state index in [9.17, 15) is 15.2 Å². The van der Waals surface area contributed by atoms with E-state index in [0.717, 1.165) is 18.8 Å². The smallest absolute Gasteiger partial charge is 0.273 e. The van der Waals surface area contributed by atoms with Crippen molar-refractivity contribution in [2.75, 3.05) is 25.1 Å². The minimum atomic E-state index is -0.492. The molecule has 0 heterocycles. The lowest BCUT2D eigenvalue weighted by Crippen LogP contribution is -2.21. The van der Waals surface area contributed by atoms with E-state index in [0.29, 0.717) is 17.0 Å². The van der Waals surface area contributed by atoms with Crippen molar-refractivity contribution in [2.45, 2.75) is 13.8 Å². The van der Waals surface area contributed by atoms with Gasteiger partial charge in [-0.3, -0.25) is 15.1 Å². The Labute approximate surface area is 146 Å². The largest absolute Gasteiger partial charge is 0.507 e. The first kappa shape index (κ1) is 18.3. The third-order valence-electron chi connectivity index (χ3n) is 3.86. The Hall–Kier alpha value is -3.09. The van der Waals surface area contributed by atoms with Gasteiger partial charge in [-0.05, 0) is 32.0 Å². The molecule has 0 saturated heterocycles. The van der Waals surface area contributed by atoms with Crippen LogP contribution in [0.5, 0.6) is 11.5 Å². The molecular formula is C18H21N3O4. The number of hydrogen-bond acceptors (Lipinski definition) is 6. The third kappa shape index (κ3) is 4.26. The van der Waals surface area contributed by atoms with E-state index in [1.165, 1.54) is 31.5 Å². The predicted molar refractivity (Wildman–Crippen MR) is 98.6 cm³/mol. The number of aliphatic imine (C=N–C) groups is 1. The maximum Gasteiger partial charge on any atom is 0.273 e. The molecule has 0 aromatic heterocycles. The summed E-state index contributed by atoms with van der Waals surface area (Å²) in [6, 6.07) is 9.58. The second-order valence-corrected chi connectivity index (χ2v) is 5.29. The molecular weight excluding hydrogens is 322 g/mol. The lowest BCUT2D eigenvalue weighted by atomic mass is 10.1. The molecule has 7 nitrogen and oxygen atoms in total. The van der Waals surface area contributed by atoms with Crippen LogP contribution in [0.15, 0.2) is 41.4 Å². The Morgan fingerprint density at radius 3 is 2.52 bits per heavy atom. The van der Waals surface area contributed by atoms with Crippen LogP contribution in [0.2, 0.25) is 0 Å². The van der Waals surface area contributed by atoms with E-state index in [2.05, 4.69) is 23.7 Å². The Bertz CT molecular complexity index is 786. The molecule has 0 bridgehead atoms. The van der Waals surface area contributed by atoms with E-state index in [-0.39, 0.29) is 11.4 Å². The van der Waals surface area contributed by atoms with Gasteiger partial charge in [-0.25, -0.2) is 0 Å². The van der Waals surface area contributed by atoms with Crippen LogP contribution in [-0.4, -0.2) is 36.4 Å². The SMILES string of the molecule is CCN(CC)c1ccc(C=Nc2ccc([N+](=O)[O-])cc2OC)c(O)c1. The van der Waals surface area contributed by atoms with Crippen LogP contribution in [0, 0.1) is 10.1 Å². The molecule has 2 rings (SSSR count). The molecule has 0 atom stereocenters. The molecule has 1 N–H and O–H groups in total. The number of methoxy groups -OCH3 is 1. The lowest BCUT2D eigenvalue weighted by molar-refractivity contribution is -0.384. The van der Waals surface area contributed by atoms with E-state index < -0.39 is 4.92 Å². The van der Waals surface area contributed by atoms with E-state index in [4.69, 9.17) is 4.74 Å². The summed E-state index contributed by atoms with van der Waals surface area (Å²) in [5, 5.41) is 21.0. The van der Waals surface area contributed by atoms with Crippen molar-refractivity contribution < 1.29 is 14.8 Å². The molecule has 132 valence electrons. The van der Waals surface area contributed by atoms with Crippen molar-refractivity contribution in [2.24, 2.45) is 4.99 Å². The number of phenolic OH excluding ortho intramolecular Hbond substituents is 1. The molecule has 2 aromatic carbocycles. The average molecular weight is 343 g/mol. The summed E-state index contributed by atoms with van der Waals surface area (Å²) in [6.45, 7) is 5.81. The van der Waals surface area contributed by atoms with Crippen LogP contribution in [0.1, 0.15) is 19.4 Å². The molecule has 0 amide bonds. The molecule has 0 spiro atoms. The quantitative estimate of drug-likeness (QED) is 0.468. The normalized spacial score (nSPS) is 10.8. The number of nitro groups is 1. The third-order valence-corrected chi connectivity index (χ3v) is 3.86. The zero-order valence-electron chi connectivity index (χ0n) is 14.5. The number of nitrogens with zero attached hydrogens (tertiary/aromatic N) is 3. The highest BCUT2D eigenvalue weighted by atomic mass is 16.6. The first-order valence-corrected chi connectivity index (χ1v) is 7.94. The second kappa shape index (κ2) is 8.14. The molecule has 0 aliphatic rings. The maximum absolute atomic E-state index is 10.8. The average Bonchev–Trinajstić information content (AvgIpc) is 2.61. The number of aromatic hydroxyl groups is 1. The summed E-state index contributed by atoms with van der Waals surface area (Å²) >= 11 is 0. The van der Waals surface area contributed by atoms with E-state index >= 15 is 0 Å². The molecule has 7 heteroatoms. The Balaban J connectivity index is 2.29. The molecule has 25 heavy (non-hydrogen) atoms. The zero-order valence-corrected chi connectivity index (χ0v) is 14.5. The number of ether oxygens (including phenoxy) is 1. The van der Waals surface area contributed by atoms with Crippen LogP contribution in [0.25, 0.3) is 0 Å². The molecule has 0 fully saturated rings. The Morgan fingerprint density at radius 2 is 1.96 bits per heavy atom. The van der Waals surface area contributed by atoms with Crippen molar-refractivity contribution in [1.29, 1.82) is 0 Å². The van der Waals surface area contributed by atoms with Crippen LogP contribution >= 0.6 is 0 Å². The maximum atomic E-state index is 10.8. The van der Waals surface area contributed by atoms with Gasteiger partial charge in [-0.2, -0.15) is 0 Å². The van der Waals surface area contributed by atoms with Gasteiger partial charge in [0, 0.05) is 42.7 Å². The topological polar surface area (TPSA) is 88.2 Å². The van der Waals surface area contributed by atoms with Crippen molar-refractivity contribution in [3.8, 4) is 11.5 Å². The molecule has 0 aliphatic heterocycles. The molecule has 2 aromatic rings. The first-order chi connectivity index (χ1) is 12.0. The molecule has 0 radical (unpaired) electrons. The fraction of sp³-hybridized carbons (Fsp3) is 0.278. The molecule has 0 unspecified atom stereocenters. The van der Waals surface area contributed by atoms with Crippen molar-refractivity contribution >= 4 is 23.3 Å². The number of rotatable bonds is 7. The zero-order chi connectivity index (χ0) is 18.4. The molecule has 0 aliphatic carbocycles. The summed E-state index contributed by atoms with van der Waals surface area (Å²) in [5.74, 6) is 0.415. The van der Waals surface area contributed by atoms with Crippen molar-refractivity contribution in [3.05, 3.63) is 52.1 Å². The van der Waals surface area contributed by atoms with Crippen LogP contribution in [0.4, 0.5) is 17.1 Å². The summed E-state index contributed by atoms with van der Waals surface area (Å²) in [7, 11) is 1.43. The van der Waals surface area contributed by atoms with Gasteiger partial charge in [0.15, 0.2) is 5.75 Å². The van der Waals surface area contributed by atoms with Crippen molar-refractivity contribution in [3.63, 3.8) is 0 Å². The highest BCUT2D eigenvalue weighted by molar-refractivity contribution is 5.87. The minimum Gasteiger partial charge on any atom is -0.507 e. The highest BCUT2D eigenvalue weighted by Crippen LogP contribution is 2.32. The van der Waals surface area contributed by atoms with Gasteiger partial charge >= 0.3 is 0 Å². The number of non-ortho nitro benzene ring substituents is 1. The summed E-state index contributed by atoms with van der Waals surface area (Å²) < 4.78 is 5.15.